The molecule has 2 aromatic carbocycles. The van der Waals surface area contributed by atoms with Crippen LogP contribution in [0.5, 0.6) is 0 Å². The zero-order chi connectivity index (χ0) is 22.3. The first-order valence-electron chi connectivity index (χ1n) is 11.4. The summed E-state index contributed by atoms with van der Waals surface area (Å²) in [5, 5.41) is 11.3. The normalized spacial score (nSPS) is 20.6. The number of hydrogen-bond acceptors (Lipinski definition) is 5. The molecule has 0 spiro atoms. The first kappa shape index (κ1) is 21.0. The van der Waals surface area contributed by atoms with Gasteiger partial charge in [0.25, 0.3) is 0 Å². The van der Waals surface area contributed by atoms with Crippen molar-refractivity contribution >= 4 is 12.1 Å². The number of rotatable bonds is 4. The van der Waals surface area contributed by atoms with E-state index in [0.717, 1.165) is 6.42 Å². The van der Waals surface area contributed by atoms with Gasteiger partial charge in [0, 0.05) is 19.0 Å². The summed E-state index contributed by atoms with van der Waals surface area (Å²) in [6, 6.07) is 16.5. The topological polar surface area (TPSA) is 76.1 Å². The molecule has 1 heterocycles. The Balaban J connectivity index is 1.24. The number of nitrogens with zero attached hydrogens (tertiary/aromatic N) is 1. The van der Waals surface area contributed by atoms with E-state index in [9.17, 15) is 14.7 Å². The van der Waals surface area contributed by atoms with Gasteiger partial charge < -0.3 is 19.5 Å². The molecule has 2 aliphatic carbocycles. The largest absolute Gasteiger partial charge is 0.469 e. The lowest BCUT2D eigenvalue weighted by Crippen LogP contribution is -2.62. The summed E-state index contributed by atoms with van der Waals surface area (Å²) in [6.07, 6.45) is 2.53. The molecule has 0 atom stereocenters. The molecule has 0 unspecified atom stereocenters. The second-order valence-electron chi connectivity index (χ2n) is 9.25. The highest BCUT2D eigenvalue weighted by molar-refractivity contribution is 5.80. The summed E-state index contributed by atoms with van der Waals surface area (Å²) in [5.41, 5.74) is 2.80. The summed E-state index contributed by atoms with van der Waals surface area (Å²) in [7, 11) is 1.37. The second-order valence-corrected chi connectivity index (χ2v) is 9.25. The van der Waals surface area contributed by atoms with E-state index in [1.807, 2.05) is 24.3 Å². The Bertz CT molecular complexity index is 991. The predicted octanol–water partition coefficient (Wildman–Crippen LogP) is 4.11. The highest BCUT2D eigenvalue weighted by Gasteiger charge is 2.60. The molecule has 3 aliphatic rings. The number of benzene rings is 2. The molecule has 1 amide bonds. The van der Waals surface area contributed by atoms with Crippen LogP contribution in [0.2, 0.25) is 0 Å². The second kappa shape index (κ2) is 7.93. The lowest BCUT2D eigenvalue weighted by Gasteiger charge is -2.53. The van der Waals surface area contributed by atoms with Crippen LogP contribution in [0.15, 0.2) is 48.5 Å². The maximum atomic E-state index is 12.8. The average molecular weight is 436 g/mol. The molecule has 1 aliphatic heterocycles. The molecule has 0 radical (unpaired) electrons. The Morgan fingerprint density at radius 3 is 2.03 bits per heavy atom. The van der Waals surface area contributed by atoms with Crippen LogP contribution in [-0.2, 0) is 14.3 Å². The van der Waals surface area contributed by atoms with Crippen molar-refractivity contribution < 1.29 is 24.2 Å². The fourth-order valence-corrected chi connectivity index (χ4v) is 5.81. The van der Waals surface area contributed by atoms with Crippen LogP contribution >= 0.6 is 0 Å². The van der Waals surface area contributed by atoms with Crippen molar-refractivity contribution in [1.82, 2.24) is 4.90 Å². The van der Waals surface area contributed by atoms with Crippen LogP contribution < -0.4 is 0 Å². The van der Waals surface area contributed by atoms with Crippen molar-refractivity contribution in [2.75, 3.05) is 26.8 Å². The van der Waals surface area contributed by atoms with E-state index in [1.165, 1.54) is 29.4 Å². The van der Waals surface area contributed by atoms with Gasteiger partial charge in [-0.25, -0.2) is 4.79 Å². The lowest BCUT2D eigenvalue weighted by molar-refractivity contribution is -0.196. The van der Waals surface area contributed by atoms with Crippen molar-refractivity contribution in [1.29, 1.82) is 0 Å². The number of piperidine rings is 1. The molecule has 5 rings (SSSR count). The molecule has 6 heteroatoms. The van der Waals surface area contributed by atoms with E-state index in [1.54, 1.807) is 4.90 Å². The zero-order valence-corrected chi connectivity index (χ0v) is 18.4. The number of fused-ring (bicyclic) bond motifs is 3. The maximum Gasteiger partial charge on any atom is 0.409 e. The SMILES string of the molecule is COC(=O)C1(C2(O)CCN(C(=O)OCC3c4ccccc4-c4ccccc43)CC2)CCC1. The highest BCUT2D eigenvalue weighted by atomic mass is 16.6. The highest BCUT2D eigenvalue weighted by Crippen LogP contribution is 2.54. The fourth-order valence-electron chi connectivity index (χ4n) is 5.81. The van der Waals surface area contributed by atoms with Crippen molar-refractivity contribution in [2.45, 2.75) is 43.6 Å². The van der Waals surface area contributed by atoms with E-state index >= 15 is 0 Å². The van der Waals surface area contributed by atoms with E-state index in [4.69, 9.17) is 9.47 Å². The number of esters is 1. The van der Waals surface area contributed by atoms with E-state index in [-0.39, 0.29) is 24.6 Å². The molecule has 1 saturated heterocycles. The third-order valence-electron chi connectivity index (χ3n) is 7.86. The van der Waals surface area contributed by atoms with Crippen LogP contribution in [0, 0.1) is 5.41 Å². The third kappa shape index (κ3) is 3.12. The summed E-state index contributed by atoms with van der Waals surface area (Å²) < 4.78 is 10.8. The number of aliphatic hydroxyl groups is 1. The van der Waals surface area contributed by atoms with Gasteiger partial charge in [0.1, 0.15) is 6.61 Å². The van der Waals surface area contributed by atoms with Gasteiger partial charge in [-0.3, -0.25) is 4.79 Å². The standard InChI is InChI=1S/C26H29NO5/c1-31-23(28)25(11-6-12-25)26(30)13-15-27(16-14-26)24(29)32-17-22-20-9-4-2-7-18(20)19-8-3-5-10-21(19)22/h2-5,7-10,22,30H,6,11-17H2,1H3. The summed E-state index contributed by atoms with van der Waals surface area (Å²) >= 11 is 0. The van der Waals surface area contributed by atoms with Crippen molar-refractivity contribution in [3.8, 4) is 11.1 Å². The molecule has 0 bridgehead atoms. The van der Waals surface area contributed by atoms with Crippen LogP contribution in [0.1, 0.15) is 49.1 Å². The summed E-state index contributed by atoms with van der Waals surface area (Å²) in [6.45, 7) is 1.01. The number of carbonyl (C=O) groups is 2. The lowest BCUT2D eigenvalue weighted by atomic mass is 9.56. The molecule has 168 valence electrons. The van der Waals surface area contributed by atoms with Gasteiger partial charge in [-0.1, -0.05) is 55.0 Å². The Morgan fingerprint density at radius 1 is 0.969 bits per heavy atom. The minimum absolute atomic E-state index is 0.0191. The Labute approximate surface area is 188 Å². The van der Waals surface area contributed by atoms with Gasteiger partial charge in [0.2, 0.25) is 0 Å². The van der Waals surface area contributed by atoms with Gasteiger partial charge in [0.15, 0.2) is 0 Å². The molecular weight excluding hydrogens is 406 g/mol. The van der Waals surface area contributed by atoms with E-state index in [0.29, 0.717) is 38.8 Å². The van der Waals surface area contributed by atoms with E-state index < -0.39 is 11.0 Å². The minimum atomic E-state index is -1.13. The third-order valence-corrected chi connectivity index (χ3v) is 7.86. The molecule has 1 N–H and O–H groups in total. The minimum Gasteiger partial charge on any atom is -0.469 e. The average Bonchev–Trinajstić information content (AvgIpc) is 3.10. The Morgan fingerprint density at radius 2 is 1.53 bits per heavy atom. The van der Waals surface area contributed by atoms with Crippen LogP contribution in [0.25, 0.3) is 11.1 Å². The molecule has 2 fully saturated rings. The molecule has 0 aromatic heterocycles. The van der Waals surface area contributed by atoms with Crippen LogP contribution in [0.4, 0.5) is 4.79 Å². The van der Waals surface area contributed by atoms with Gasteiger partial charge >= 0.3 is 12.1 Å². The molecule has 1 saturated carbocycles. The summed E-state index contributed by atoms with van der Waals surface area (Å²) in [4.78, 5) is 26.9. The molecular formula is C26H29NO5. The number of methoxy groups -OCH3 is 1. The van der Waals surface area contributed by atoms with Crippen molar-refractivity contribution in [3.05, 3.63) is 59.7 Å². The zero-order valence-electron chi connectivity index (χ0n) is 18.4. The Hall–Kier alpha value is -2.86. The number of ether oxygens (including phenoxy) is 2. The predicted molar refractivity (Wildman–Crippen MR) is 119 cm³/mol. The van der Waals surface area contributed by atoms with Crippen LogP contribution in [-0.4, -0.2) is 54.5 Å². The van der Waals surface area contributed by atoms with E-state index in [2.05, 4.69) is 24.3 Å². The fraction of sp³-hybridized carbons (Fsp3) is 0.462. The quantitative estimate of drug-likeness (QED) is 0.732. The number of amides is 1. The molecule has 32 heavy (non-hydrogen) atoms. The first-order valence-corrected chi connectivity index (χ1v) is 11.4. The van der Waals surface area contributed by atoms with Crippen molar-refractivity contribution in [3.63, 3.8) is 0 Å². The monoisotopic (exact) mass is 435 g/mol. The Kier molecular flexibility index (Phi) is 5.20. The molecule has 6 nitrogen and oxygen atoms in total. The number of likely N-dealkylation sites (tertiary alicyclic amines) is 1. The smallest absolute Gasteiger partial charge is 0.409 e. The number of hydrogen-bond donors (Lipinski definition) is 1. The van der Waals surface area contributed by atoms with Gasteiger partial charge in [0.05, 0.1) is 18.1 Å². The van der Waals surface area contributed by atoms with Gasteiger partial charge in [-0.2, -0.15) is 0 Å². The molecule has 2 aromatic rings. The van der Waals surface area contributed by atoms with Crippen molar-refractivity contribution in [2.24, 2.45) is 5.41 Å². The van der Waals surface area contributed by atoms with Crippen LogP contribution in [0.3, 0.4) is 0 Å². The summed E-state index contributed by atoms with van der Waals surface area (Å²) in [5.74, 6) is -0.313. The van der Waals surface area contributed by atoms with Gasteiger partial charge in [-0.05, 0) is 47.9 Å². The van der Waals surface area contributed by atoms with Gasteiger partial charge in [-0.15, -0.1) is 0 Å². The number of carbonyl (C=O) groups excluding carboxylic acids is 2. The first-order chi connectivity index (χ1) is 15.5. The maximum absolute atomic E-state index is 12.8.